The molecule has 0 aromatic heterocycles. The first-order chi connectivity index (χ1) is 6.86. The molecule has 0 aliphatic rings. The molecule has 6 heteroatoms. The fraction of sp³-hybridized carbons (Fsp3) is 0. The molecule has 3 nitrogen and oxygen atoms in total. The van der Waals surface area contributed by atoms with Crippen molar-refractivity contribution in [1.29, 1.82) is 15.8 Å². The van der Waals surface area contributed by atoms with Crippen LogP contribution in [-0.2, 0) is 0 Å². The molecule has 0 N–H and O–H groups in total. The van der Waals surface area contributed by atoms with Crippen molar-refractivity contribution < 1.29 is 0 Å². The van der Waals surface area contributed by atoms with Crippen LogP contribution in [0.15, 0.2) is 30.3 Å². The van der Waals surface area contributed by atoms with Crippen molar-refractivity contribution in [3.05, 3.63) is 30.3 Å². The van der Waals surface area contributed by atoms with Gasteiger partial charge in [0.25, 0.3) is 0 Å². The summed E-state index contributed by atoms with van der Waals surface area (Å²) < 4.78 is -5.39. The number of nitriles is 3. The summed E-state index contributed by atoms with van der Waals surface area (Å²) in [4.78, 5) is 0. The van der Waals surface area contributed by atoms with Crippen molar-refractivity contribution >= 4 is 32.4 Å². The van der Waals surface area contributed by atoms with E-state index < -0.39 is 4.65 Å². The molecule has 0 radical (unpaired) electrons. The van der Waals surface area contributed by atoms with Gasteiger partial charge < -0.3 is 0 Å². The molecular formula is C9H5Cl2N3P-. The van der Waals surface area contributed by atoms with E-state index in [0.29, 0.717) is 0 Å². The fourth-order valence-electron chi connectivity index (χ4n) is 1.00. The Morgan fingerprint density at radius 2 is 1.27 bits per heavy atom. The molecule has 1 rings (SSSR count). The number of hydrogen-bond donors (Lipinski definition) is 0. The Kier molecular flexibility index (Phi) is 2.24. The minimum absolute atomic E-state index is 0.0540. The number of halogens is 2. The first-order valence-corrected chi connectivity index (χ1v) is 8.31. The van der Waals surface area contributed by atoms with Crippen molar-refractivity contribution in [2.75, 3.05) is 0 Å². The minimum atomic E-state index is -5.39. The van der Waals surface area contributed by atoms with E-state index in [4.69, 9.17) is 38.3 Å². The standard InChI is InChI=1S/C9H5Cl2N3P/c10-15(11,6-12,7-13,8-14)9-4-2-1-3-5-9/h1-5H/q-1. The van der Waals surface area contributed by atoms with Crippen LogP contribution >= 0.6 is 27.1 Å². The summed E-state index contributed by atoms with van der Waals surface area (Å²) in [6.45, 7) is 0. The number of hydrogen-bond acceptors (Lipinski definition) is 3. The van der Waals surface area contributed by atoms with Crippen molar-refractivity contribution in [3.8, 4) is 17.4 Å². The van der Waals surface area contributed by atoms with Gasteiger partial charge in [-0.1, -0.05) is 0 Å². The van der Waals surface area contributed by atoms with Crippen LogP contribution in [0.25, 0.3) is 0 Å². The SMILES string of the molecule is N#C[P-](Cl)(Cl)(C#N)(C#N)c1ccccc1. The average molecular weight is 257 g/mol. The maximum atomic E-state index is 9.05. The van der Waals surface area contributed by atoms with Crippen LogP contribution in [0.1, 0.15) is 0 Å². The van der Waals surface area contributed by atoms with Gasteiger partial charge in [-0.15, -0.1) is 0 Å². The monoisotopic (exact) mass is 256 g/mol. The molecule has 0 aliphatic carbocycles. The van der Waals surface area contributed by atoms with Crippen LogP contribution in [-0.4, -0.2) is 0 Å². The van der Waals surface area contributed by atoms with Gasteiger partial charge >= 0.3 is 96.0 Å². The molecule has 1 aromatic rings. The molecule has 0 saturated carbocycles. The third-order valence-electron chi connectivity index (χ3n) is 2.02. The quantitative estimate of drug-likeness (QED) is 0.725. The Labute approximate surface area is 96.1 Å². The van der Waals surface area contributed by atoms with E-state index in [-0.39, 0.29) is 5.30 Å². The van der Waals surface area contributed by atoms with Crippen molar-refractivity contribution in [2.24, 2.45) is 0 Å². The van der Waals surface area contributed by atoms with E-state index in [0.717, 1.165) is 0 Å². The van der Waals surface area contributed by atoms with Crippen molar-refractivity contribution in [1.82, 2.24) is 0 Å². The van der Waals surface area contributed by atoms with Gasteiger partial charge in [0.1, 0.15) is 0 Å². The van der Waals surface area contributed by atoms with Gasteiger partial charge in [0.05, 0.1) is 0 Å². The summed E-state index contributed by atoms with van der Waals surface area (Å²) in [6, 6.07) is 7.62. The zero-order valence-electron chi connectivity index (χ0n) is 7.43. The molecule has 0 aliphatic heterocycles. The van der Waals surface area contributed by atoms with E-state index in [9.17, 15) is 0 Å². The topological polar surface area (TPSA) is 71.4 Å². The summed E-state index contributed by atoms with van der Waals surface area (Å²) in [5, 5.41) is 27.2. The van der Waals surface area contributed by atoms with E-state index >= 15 is 0 Å². The van der Waals surface area contributed by atoms with Gasteiger partial charge in [-0.25, -0.2) is 0 Å². The normalized spacial score (nSPS) is 14.9. The van der Waals surface area contributed by atoms with Gasteiger partial charge in [0.2, 0.25) is 0 Å². The second kappa shape index (κ2) is 2.85. The first-order valence-electron chi connectivity index (χ1n) is 3.81. The van der Waals surface area contributed by atoms with E-state index in [1.54, 1.807) is 18.2 Å². The van der Waals surface area contributed by atoms with Crippen molar-refractivity contribution in [3.63, 3.8) is 0 Å². The van der Waals surface area contributed by atoms with Crippen molar-refractivity contribution in [2.45, 2.75) is 0 Å². The van der Waals surface area contributed by atoms with Gasteiger partial charge in [-0.05, 0) is 0 Å². The van der Waals surface area contributed by atoms with E-state index in [1.807, 2.05) is 0 Å². The van der Waals surface area contributed by atoms with E-state index in [1.165, 1.54) is 29.6 Å². The number of rotatable bonds is 1. The maximum absolute atomic E-state index is 9.05. The zero-order valence-corrected chi connectivity index (χ0v) is 9.84. The summed E-state index contributed by atoms with van der Waals surface area (Å²) in [7, 11) is 0. The molecule has 0 heterocycles. The zero-order chi connectivity index (χ0) is 11.6. The Hall–Kier alpha value is -1.30. The van der Waals surface area contributed by atoms with Crippen LogP contribution in [0.3, 0.4) is 0 Å². The summed E-state index contributed by atoms with van der Waals surface area (Å²) in [6.07, 6.45) is 0. The third-order valence-corrected chi connectivity index (χ3v) is 7.36. The van der Waals surface area contributed by atoms with Gasteiger partial charge in [0.15, 0.2) is 0 Å². The molecular weight excluding hydrogens is 252 g/mol. The van der Waals surface area contributed by atoms with Crippen LogP contribution in [0.5, 0.6) is 0 Å². The summed E-state index contributed by atoms with van der Waals surface area (Å²) >= 11 is 11.9. The predicted octanol–water partition coefficient (Wildman–Crippen LogP) is 3.15. The van der Waals surface area contributed by atoms with Crippen LogP contribution in [0, 0.1) is 33.2 Å². The molecule has 76 valence electrons. The van der Waals surface area contributed by atoms with Crippen LogP contribution < -0.4 is 5.30 Å². The Bertz CT molecular complexity index is 500. The molecule has 0 amide bonds. The fourth-order valence-corrected chi connectivity index (χ4v) is 3.01. The van der Waals surface area contributed by atoms with Gasteiger partial charge in [-0.2, -0.15) is 0 Å². The molecule has 0 fully saturated rings. The van der Waals surface area contributed by atoms with Gasteiger partial charge in [0, 0.05) is 0 Å². The molecule has 1 aromatic carbocycles. The van der Waals surface area contributed by atoms with E-state index in [2.05, 4.69) is 0 Å². The van der Waals surface area contributed by atoms with Gasteiger partial charge in [-0.3, -0.25) is 0 Å². The average Bonchev–Trinajstić information content (AvgIpc) is 2.32. The molecule has 0 saturated heterocycles. The first kappa shape index (κ1) is 11.8. The number of benzene rings is 1. The Morgan fingerprint density at radius 3 is 1.60 bits per heavy atom. The van der Waals surface area contributed by atoms with Crippen LogP contribution in [0.4, 0.5) is 0 Å². The molecule has 0 spiro atoms. The summed E-state index contributed by atoms with van der Waals surface area (Å²) in [5.41, 5.74) is 0. The second-order valence-electron chi connectivity index (χ2n) is 3.05. The molecule has 0 bridgehead atoms. The second-order valence-corrected chi connectivity index (χ2v) is 12.6. The molecule has 0 atom stereocenters. The Balaban J connectivity index is 3.82. The molecule has 15 heavy (non-hydrogen) atoms. The van der Waals surface area contributed by atoms with Crippen LogP contribution in [0.2, 0.25) is 0 Å². The Morgan fingerprint density at radius 1 is 0.867 bits per heavy atom. The molecule has 0 unspecified atom stereocenters. The predicted molar refractivity (Wildman–Crippen MR) is 61.5 cm³/mol. The third kappa shape index (κ3) is 1.45. The number of nitrogens with zero attached hydrogens (tertiary/aromatic N) is 3. The summed E-state index contributed by atoms with van der Waals surface area (Å²) in [5.74, 6) is 4.59.